The lowest BCUT2D eigenvalue weighted by molar-refractivity contribution is 0.0595. The van der Waals surface area contributed by atoms with E-state index in [-0.39, 0.29) is 5.91 Å². The van der Waals surface area contributed by atoms with Gasteiger partial charge in [-0.15, -0.1) is 0 Å². The van der Waals surface area contributed by atoms with E-state index in [1.807, 2.05) is 4.90 Å². The van der Waals surface area contributed by atoms with Gasteiger partial charge in [-0.25, -0.2) is 4.98 Å². The molecule has 1 aromatic rings. The Balaban J connectivity index is 2.24. The monoisotopic (exact) mass is 295 g/mol. The first kappa shape index (κ1) is 15.1. The Morgan fingerprint density at radius 2 is 2.30 bits per heavy atom. The van der Waals surface area contributed by atoms with Gasteiger partial charge in [0.1, 0.15) is 11.5 Å². The number of anilines is 1. The van der Waals surface area contributed by atoms with Crippen molar-refractivity contribution in [3.05, 3.63) is 22.8 Å². The lowest BCUT2D eigenvalue weighted by atomic mass is 9.98. The van der Waals surface area contributed by atoms with Crippen molar-refractivity contribution in [3.8, 4) is 0 Å². The van der Waals surface area contributed by atoms with Gasteiger partial charge >= 0.3 is 0 Å². The van der Waals surface area contributed by atoms with E-state index in [0.29, 0.717) is 22.6 Å². The van der Waals surface area contributed by atoms with E-state index in [9.17, 15) is 4.79 Å². The van der Waals surface area contributed by atoms with Gasteiger partial charge in [-0.3, -0.25) is 4.79 Å². The normalized spacial score (nSPS) is 18.9. The van der Waals surface area contributed by atoms with Crippen LogP contribution in [-0.4, -0.2) is 35.4 Å². The second-order valence-corrected chi connectivity index (χ2v) is 5.62. The first-order valence-electron chi connectivity index (χ1n) is 7.32. The summed E-state index contributed by atoms with van der Waals surface area (Å²) in [6.45, 7) is 2.97. The van der Waals surface area contributed by atoms with Crippen LogP contribution in [0.1, 0.15) is 49.5 Å². The number of pyridine rings is 1. The number of carbonyl (C=O) groups is 1. The highest BCUT2D eigenvalue weighted by atomic mass is 35.5. The molecule has 5 heteroatoms. The van der Waals surface area contributed by atoms with Gasteiger partial charge in [-0.2, -0.15) is 0 Å². The Kier molecular flexibility index (Phi) is 5.24. The van der Waals surface area contributed by atoms with Gasteiger partial charge in [0.15, 0.2) is 0 Å². The minimum Gasteiger partial charge on any atom is -0.373 e. The molecule has 0 radical (unpaired) electrons. The summed E-state index contributed by atoms with van der Waals surface area (Å²) in [4.78, 5) is 19.0. The molecule has 0 aliphatic carbocycles. The summed E-state index contributed by atoms with van der Waals surface area (Å²) in [5, 5.41) is 3.37. The molecule has 1 N–H and O–H groups in total. The van der Waals surface area contributed by atoms with Crippen LogP contribution in [0.4, 0.5) is 5.82 Å². The van der Waals surface area contributed by atoms with Crippen LogP contribution in [0, 0.1) is 0 Å². The second kappa shape index (κ2) is 6.93. The van der Waals surface area contributed by atoms with Gasteiger partial charge in [0.25, 0.3) is 5.91 Å². The first-order valence-corrected chi connectivity index (χ1v) is 7.70. The lowest BCUT2D eigenvalue weighted by Gasteiger charge is -2.35. The molecule has 1 aromatic heterocycles. The average Bonchev–Trinajstić information content (AvgIpc) is 2.48. The summed E-state index contributed by atoms with van der Waals surface area (Å²) in [5.74, 6) is 0.632. The molecular formula is C15H22ClN3O. The molecule has 0 aromatic carbocycles. The number of aromatic nitrogens is 1. The highest BCUT2D eigenvalue weighted by Gasteiger charge is 2.28. The van der Waals surface area contributed by atoms with Crippen LogP contribution in [0.3, 0.4) is 0 Å². The topological polar surface area (TPSA) is 45.2 Å². The van der Waals surface area contributed by atoms with Crippen LogP contribution in [-0.2, 0) is 0 Å². The molecule has 2 rings (SSSR count). The fourth-order valence-electron chi connectivity index (χ4n) is 2.77. The number of hydrogen-bond acceptors (Lipinski definition) is 3. The van der Waals surface area contributed by atoms with E-state index in [0.717, 1.165) is 32.2 Å². The van der Waals surface area contributed by atoms with Crippen LogP contribution in [0.25, 0.3) is 0 Å². The number of hydrogen-bond donors (Lipinski definition) is 1. The van der Waals surface area contributed by atoms with E-state index in [4.69, 9.17) is 11.6 Å². The molecule has 0 spiro atoms. The quantitative estimate of drug-likeness (QED) is 0.923. The largest absolute Gasteiger partial charge is 0.373 e. The first-order chi connectivity index (χ1) is 9.67. The van der Waals surface area contributed by atoms with Crippen molar-refractivity contribution in [3.63, 3.8) is 0 Å². The van der Waals surface area contributed by atoms with Crippen LogP contribution >= 0.6 is 11.6 Å². The molecule has 1 fully saturated rings. The summed E-state index contributed by atoms with van der Waals surface area (Å²) < 4.78 is 0. The predicted molar refractivity (Wildman–Crippen MR) is 82.4 cm³/mol. The Labute approximate surface area is 125 Å². The van der Waals surface area contributed by atoms with Gasteiger partial charge in [-0.05, 0) is 37.8 Å². The molecule has 1 amide bonds. The van der Waals surface area contributed by atoms with Gasteiger partial charge in [0.05, 0.1) is 5.02 Å². The number of amides is 1. The number of piperidine rings is 1. The molecule has 4 nitrogen and oxygen atoms in total. The second-order valence-electron chi connectivity index (χ2n) is 5.21. The van der Waals surface area contributed by atoms with E-state index >= 15 is 0 Å². The zero-order valence-corrected chi connectivity index (χ0v) is 12.9. The van der Waals surface area contributed by atoms with E-state index in [2.05, 4.69) is 17.2 Å². The van der Waals surface area contributed by atoms with Crippen LogP contribution in [0.5, 0.6) is 0 Å². The Hall–Kier alpha value is -1.29. The highest BCUT2D eigenvalue weighted by molar-refractivity contribution is 6.33. The fourth-order valence-corrected chi connectivity index (χ4v) is 2.95. The molecule has 110 valence electrons. The molecule has 0 saturated carbocycles. The maximum atomic E-state index is 12.7. The van der Waals surface area contributed by atoms with Gasteiger partial charge in [0, 0.05) is 19.6 Å². The summed E-state index contributed by atoms with van der Waals surface area (Å²) in [5.41, 5.74) is 0.363. The zero-order chi connectivity index (χ0) is 14.5. The number of nitrogens with zero attached hydrogens (tertiary/aromatic N) is 2. The summed E-state index contributed by atoms with van der Waals surface area (Å²) in [7, 11) is 1.78. The molecule has 1 atom stereocenters. The van der Waals surface area contributed by atoms with Crippen LogP contribution < -0.4 is 5.32 Å². The van der Waals surface area contributed by atoms with E-state index in [1.165, 1.54) is 6.42 Å². The Morgan fingerprint density at radius 3 is 3.00 bits per heavy atom. The maximum Gasteiger partial charge on any atom is 0.274 e. The SMILES string of the molecule is CCCC1CCCCN1C(=O)c1nc(NC)ccc1Cl. The van der Waals surface area contributed by atoms with Crippen molar-refractivity contribution in [2.75, 3.05) is 18.9 Å². The van der Waals surface area contributed by atoms with Gasteiger partial charge < -0.3 is 10.2 Å². The minimum atomic E-state index is -0.0368. The predicted octanol–water partition coefficient (Wildman–Crippen LogP) is 3.57. The fraction of sp³-hybridized carbons (Fsp3) is 0.600. The molecule has 1 aliphatic heterocycles. The Bertz CT molecular complexity index is 476. The van der Waals surface area contributed by atoms with Gasteiger partial charge in [0.2, 0.25) is 0 Å². The third-order valence-electron chi connectivity index (χ3n) is 3.81. The average molecular weight is 296 g/mol. The van der Waals surface area contributed by atoms with Crippen molar-refractivity contribution in [2.24, 2.45) is 0 Å². The van der Waals surface area contributed by atoms with Crippen molar-refractivity contribution in [2.45, 2.75) is 45.1 Å². The lowest BCUT2D eigenvalue weighted by Crippen LogP contribution is -2.44. The maximum absolute atomic E-state index is 12.7. The van der Waals surface area contributed by atoms with Crippen molar-refractivity contribution in [1.82, 2.24) is 9.88 Å². The molecule has 0 bridgehead atoms. The van der Waals surface area contributed by atoms with Crippen molar-refractivity contribution < 1.29 is 4.79 Å². The molecule has 1 aliphatic rings. The van der Waals surface area contributed by atoms with Gasteiger partial charge in [-0.1, -0.05) is 24.9 Å². The summed E-state index contributed by atoms with van der Waals surface area (Å²) >= 11 is 6.15. The van der Waals surface area contributed by atoms with Crippen molar-refractivity contribution >= 4 is 23.3 Å². The van der Waals surface area contributed by atoms with Crippen LogP contribution in [0.2, 0.25) is 5.02 Å². The smallest absolute Gasteiger partial charge is 0.274 e. The molecular weight excluding hydrogens is 274 g/mol. The number of rotatable bonds is 4. The number of nitrogens with one attached hydrogen (secondary N) is 1. The summed E-state index contributed by atoms with van der Waals surface area (Å²) in [6, 6.07) is 3.84. The number of halogens is 1. The molecule has 1 unspecified atom stereocenters. The number of carbonyl (C=O) groups excluding carboxylic acids is 1. The zero-order valence-electron chi connectivity index (χ0n) is 12.2. The third kappa shape index (κ3) is 3.23. The third-order valence-corrected chi connectivity index (χ3v) is 4.12. The van der Waals surface area contributed by atoms with E-state index < -0.39 is 0 Å². The summed E-state index contributed by atoms with van der Waals surface area (Å²) in [6.07, 6.45) is 5.49. The molecule has 20 heavy (non-hydrogen) atoms. The highest BCUT2D eigenvalue weighted by Crippen LogP contribution is 2.25. The standard InChI is InChI=1S/C15H22ClN3O/c1-3-6-11-7-4-5-10-19(11)15(20)14-12(16)8-9-13(17-2)18-14/h8-9,11H,3-7,10H2,1-2H3,(H,17,18). The molecule has 1 saturated heterocycles. The van der Waals surface area contributed by atoms with E-state index in [1.54, 1.807) is 19.2 Å². The number of likely N-dealkylation sites (tertiary alicyclic amines) is 1. The molecule has 2 heterocycles. The Morgan fingerprint density at radius 1 is 1.50 bits per heavy atom. The minimum absolute atomic E-state index is 0.0368. The van der Waals surface area contributed by atoms with Crippen molar-refractivity contribution in [1.29, 1.82) is 0 Å². The van der Waals surface area contributed by atoms with Crippen LogP contribution in [0.15, 0.2) is 12.1 Å².